The monoisotopic (exact) mass is 293 g/mol. The normalized spacial score (nSPS) is 10.3. The number of carbonyl (C=O) groups excluding carboxylic acids is 1. The summed E-state index contributed by atoms with van der Waals surface area (Å²) in [5.41, 5.74) is 3.41. The number of anilines is 1. The fourth-order valence-electron chi connectivity index (χ4n) is 2.19. The summed E-state index contributed by atoms with van der Waals surface area (Å²) in [6, 6.07) is 17.3. The molecule has 0 atom stereocenters. The van der Waals surface area contributed by atoms with Gasteiger partial charge in [-0.25, -0.2) is 0 Å². The van der Waals surface area contributed by atoms with E-state index >= 15 is 0 Å². The summed E-state index contributed by atoms with van der Waals surface area (Å²) < 4.78 is 0. The van der Waals surface area contributed by atoms with Gasteiger partial charge in [-0.05, 0) is 31.7 Å². The van der Waals surface area contributed by atoms with Crippen LogP contribution in [0.15, 0.2) is 48.5 Å². The third-order valence-corrected chi connectivity index (χ3v) is 3.31. The van der Waals surface area contributed by atoms with Gasteiger partial charge in [0.25, 0.3) is 0 Å². The van der Waals surface area contributed by atoms with Crippen LogP contribution in [0.3, 0.4) is 0 Å². The zero-order valence-corrected chi connectivity index (χ0v) is 12.8. The Balaban J connectivity index is 1.91. The molecule has 22 heavy (non-hydrogen) atoms. The number of nitrogens with one attached hydrogen (secondary N) is 1. The Bertz CT molecular complexity index is 686. The van der Waals surface area contributed by atoms with Gasteiger partial charge in [-0.3, -0.25) is 9.69 Å². The van der Waals surface area contributed by atoms with Gasteiger partial charge in [0.1, 0.15) is 6.07 Å². The van der Waals surface area contributed by atoms with E-state index in [1.807, 2.05) is 18.9 Å². The minimum absolute atomic E-state index is 0.127. The smallest absolute Gasteiger partial charge is 0.238 e. The number of amides is 1. The van der Waals surface area contributed by atoms with Gasteiger partial charge in [-0.1, -0.05) is 42.0 Å². The van der Waals surface area contributed by atoms with Crippen LogP contribution in [0.5, 0.6) is 0 Å². The molecule has 2 aromatic rings. The molecule has 0 saturated heterocycles. The first-order valence-corrected chi connectivity index (χ1v) is 7.11. The van der Waals surface area contributed by atoms with Crippen molar-refractivity contribution in [3.05, 3.63) is 65.2 Å². The van der Waals surface area contributed by atoms with Crippen molar-refractivity contribution in [2.75, 3.05) is 18.9 Å². The van der Waals surface area contributed by atoms with E-state index < -0.39 is 0 Å². The molecule has 1 N–H and O–H groups in total. The predicted molar refractivity (Wildman–Crippen MR) is 87.3 cm³/mol. The van der Waals surface area contributed by atoms with Gasteiger partial charge in [0.2, 0.25) is 5.91 Å². The van der Waals surface area contributed by atoms with E-state index in [2.05, 4.69) is 35.7 Å². The van der Waals surface area contributed by atoms with Crippen LogP contribution in [-0.4, -0.2) is 24.4 Å². The van der Waals surface area contributed by atoms with Crippen molar-refractivity contribution >= 4 is 11.6 Å². The lowest BCUT2D eigenvalue weighted by molar-refractivity contribution is -0.117. The van der Waals surface area contributed by atoms with Gasteiger partial charge < -0.3 is 5.32 Å². The molecule has 1 amide bonds. The molecule has 2 rings (SSSR count). The second-order valence-corrected chi connectivity index (χ2v) is 5.36. The third-order valence-electron chi connectivity index (χ3n) is 3.31. The van der Waals surface area contributed by atoms with Crippen LogP contribution >= 0.6 is 0 Å². The Morgan fingerprint density at radius 3 is 2.55 bits per heavy atom. The highest BCUT2D eigenvalue weighted by molar-refractivity contribution is 5.93. The van der Waals surface area contributed by atoms with E-state index in [0.29, 0.717) is 17.8 Å². The maximum atomic E-state index is 12.1. The number of nitrogens with zero attached hydrogens (tertiary/aromatic N) is 2. The third kappa shape index (κ3) is 4.44. The van der Waals surface area contributed by atoms with Crippen LogP contribution in [-0.2, 0) is 11.3 Å². The highest BCUT2D eigenvalue weighted by Crippen LogP contribution is 2.13. The lowest BCUT2D eigenvalue weighted by Crippen LogP contribution is -2.30. The van der Waals surface area contributed by atoms with Gasteiger partial charge in [-0.2, -0.15) is 5.26 Å². The van der Waals surface area contributed by atoms with Crippen LogP contribution in [0.4, 0.5) is 5.69 Å². The molecule has 4 nitrogen and oxygen atoms in total. The van der Waals surface area contributed by atoms with Gasteiger partial charge in [0.15, 0.2) is 0 Å². The number of rotatable bonds is 5. The van der Waals surface area contributed by atoms with Crippen molar-refractivity contribution in [1.29, 1.82) is 5.26 Å². The second-order valence-electron chi connectivity index (χ2n) is 5.36. The zero-order chi connectivity index (χ0) is 15.9. The van der Waals surface area contributed by atoms with Crippen molar-refractivity contribution < 1.29 is 4.79 Å². The average Bonchev–Trinajstić information content (AvgIpc) is 2.50. The van der Waals surface area contributed by atoms with Gasteiger partial charge in [0.05, 0.1) is 17.8 Å². The molecule has 0 aliphatic carbocycles. The predicted octanol–water partition coefficient (Wildman–Crippen LogP) is 2.94. The van der Waals surface area contributed by atoms with E-state index in [1.165, 1.54) is 11.1 Å². The van der Waals surface area contributed by atoms with Crippen LogP contribution in [0.1, 0.15) is 16.7 Å². The lowest BCUT2D eigenvalue weighted by atomic mass is 10.1. The van der Waals surface area contributed by atoms with Gasteiger partial charge >= 0.3 is 0 Å². The van der Waals surface area contributed by atoms with Crippen molar-refractivity contribution in [3.63, 3.8) is 0 Å². The summed E-state index contributed by atoms with van der Waals surface area (Å²) in [7, 11) is 1.90. The topological polar surface area (TPSA) is 56.1 Å². The summed E-state index contributed by atoms with van der Waals surface area (Å²) in [5, 5.41) is 11.8. The Kier molecular flexibility index (Phi) is 5.29. The SMILES string of the molecule is Cc1ccc(CN(C)CC(=O)Nc2ccccc2C#N)cc1. The molecule has 2 aromatic carbocycles. The van der Waals surface area contributed by atoms with E-state index in [0.717, 1.165) is 0 Å². The van der Waals surface area contributed by atoms with Crippen LogP contribution < -0.4 is 5.32 Å². The standard InChI is InChI=1S/C18H19N3O/c1-14-7-9-15(10-8-14)12-21(2)13-18(22)20-17-6-4-3-5-16(17)11-19/h3-10H,12-13H2,1-2H3,(H,20,22). The fourth-order valence-corrected chi connectivity index (χ4v) is 2.19. The van der Waals surface area contributed by atoms with Crippen molar-refractivity contribution in [2.24, 2.45) is 0 Å². The van der Waals surface area contributed by atoms with Crippen molar-refractivity contribution in [2.45, 2.75) is 13.5 Å². The molecule has 0 saturated carbocycles. The molecule has 0 aromatic heterocycles. The molecule has 0 unspecified atom stereocenters. The number of aryl methyl sites for hydroxylation is 1. The highest BCUT2D eigenvalue weighted by Gasteiger charge is 2.09. The number of carbonyl (C=O) groups is 1. The molecule has 0 fully saturated rings. The number of benzene rings is 2. The summed E-state index contributed by atoms with van der Waals surface area (Å²) >= 11 is 0. The molecule has 0 aliphatic rings. The molecule has 0 bridgehead atoms. The molecular formula is C18H19N3O. The molecule has 0 aliphatic heterocycles. The van der Waals surface area contributed by atoms with E-state index in [-0.39, 0.29) is 12.5 Å². The number of nitriles is 1. The second kappa shape index (κ2) is 7.39. The number of hydrogen-bond acceptors (Lipinski definition) is 3. The highest BCUT2D eigenvalue weighted by atomic mass is 16.2. The maximum absolute atomic E-state index is 12.1. The lowest BCUT2D eigenvalue weighted by Gasteiger charge is -2.16. The molecule has 0 spiro atoms. The summed E-state index contributed by atoms with van der Waals surface area (Å²) in [4.78, 5) is 14.0. The van der Waals surface area contributed by atoms with Crippen LogP contribution in [0.25, 0.3) is 0 Å². The maximum Gasteiger partial charge on any atom is 0.238 e. The Morgan fingerprint density at radius 1 is 1.18 bits per heavy atom. The number of likely N-dealkylation sites (N-methyl/N-ethyl adjacent to an activating group) is 1. The minimum atomic E-state index is -0.127. The molecule has 0 heterocycles. The number of para-hydroxylation sites is 1. The fraction of sp³-hybridized carbons (Fsp3) is 0.222. The molecule has 112 valence electrons. The minimum Gasteiger partial charge on any atom is -0.324 e. The van der Waals surface area contributed by atoms with Crippen LogP contribution in [0.2, 0.25) is 0 Å². The Morgan fingerprint density at radius 2 is 1.86 bits per heavy atom. The molecule has 4 heteroatoms. The van der Waals surface area contributed by atoms with Crippen LogP contribution in [0, 0.1) is 18.3 Å². The Labute approximate surface area is 131 Å². The first-order chi connectivity index (χ1) is 10.6. The zero-order valence-electron chi connectivity index (χ0n) is 12.8. The first-order valence-electron chi connectivity index (χ1n) is 7.11. The average molecular weight is 293 g/mol. The first kappa shape index (κ1) is 15.7. The summed E-state index contributed by atoms with van der Waals surface area (Å²) in [5.74, 6) is -0.127. The van der Waals surface area contributed by atoms with Gasteiger partial charge in [0, 0.05) is 6.54 Å². The van der Waals surface area contributed by atoms with E-state index in [9.17, 15) is 4.79 Å². The van der Waals surface area contributed by atoms with Gasteiger partial charge in [-0.15, -0.1) is 0 Å². The van der Waals surface area contributed by atoms with E-state index in [4.69, 9.17) is 5.26 Å². The largest absolute Gasteiger partial charge is 0.324 e. The summed E-state index contributed by atoms with van der Waals surface area (Å²) in [6.07, 6.45) is 0. The quantitative estimate of drug-likeness (QED) is 0.922. The molecular weight excluding hydrogens is 274 g/mol. The van der Waals surface area contributed by atoms with Crippen molar-refractivity contribution in [1.82, 2.24) is 4.90 Å². The summed E-state index contributed by atoms with van der Waals surface area (Å²) in [6.45, 7) is 3.02. The molecule has 0 radical (unpaired) electrons. The Hall–Kier alpha value is -2.64. The number of hydrogen-bond donors (Lipinski definition) is 1. The van der Waals surface area contributed by atoms with Crippen molar-refractivity contribution in [3.8, 4) is 6.07 Å². The van der Waals surface area contributed by atoms with E-state index in [1.54, 1.807) is 24.3 Å².